The van der Waals surface area contributed by atoms with Crippen LogP contribution in [0, 0.1) is 11.8 Å². The second kappa shape index (κ2) is 5.13. The van der Waals surface area contributed by atoms with Gasteiger partial charge in [-0.25, -0.2) is 5.48 Å². The van der Waals surface area contributed by atoms with Crippen LogP contribution < -0.4 is 5.48 Å². The minimum atomic E-state index is -0.0642. The average Bonchev–Trinajstić information content (AvgIpc) is 1.86. The fraction of sp³-hybridized carbons (Fsp3) is 0.875. The number of rotatable bonds is 4. The number of hydrogen-bond donors (Lipinski definition) is 1. The fourth-order valence-electron chi connectivity index (χ4n) is 0.397. The van der Waals surface area contributed by atoms with Gasteiger partial charge >= 0.3 is 0 Å². The Labute approximate surface area is 68.1 Å². The van der Waals surface area contributed by atoms with Crippen molar-refractivity contribution in [2.24, 2.45) is 11.8 Å². The van der Waals surface area contributed by atoms with E-state index in [9.17, 15) is 4.79 Å². The second-order valence-corrected chi connectivity index (χ2v) is 3.33. The Hall–Kier alpha value is -0.570. The van der Waals surface area contributed by atoms with Gasteiger partial charge in [-0.05, 0) is 5.92 Å². The Bertz CT molecular complexity index is 121. The first-order valence-corrected chi connectivity index (χ1v) is 3.95. The topological polar surface area (TPSA) is 38.3 Å². The minimum absolute atomic E-state index is 0.0119. The van der Waals surface area contributed by atoms with Crippen LogP contribution in [-0.2, 0) is 9.63 Å². The summed E-state index contributed by atoms with van der Waals surface area (Å²) in [4.78, 5) is 15.8. The van der Waals surface area contributed by atoms with Crippen molar-refractivity contribution in [3.8, 4) is 0 Å². The molecule has 0 aromatic carbocycles. The lowest BCUT2D eigenvalue weighted by Gasteiger charge is -2.08. The van der Waals surface area contributed by atoms with Crippen molar-refractivity contribution in [3.63, 3.8) is 0 Å². The molecule has 0 saturated heterocycles. The largest absolute Gasteiger partial charge is 0.273 e. The normalized spacial score (nSPS) is 10.7. The highest BCUT2D eigenvalue weighted by Gasteiger charge is 2.05. The van der Waals surface area contributed by atoms with Gasteiger partial charge in [0.25, 0.3) is 0 Å². The monoisotopic (exact) mass is 159 g/mol. The molecule has 0 atom stereocenters. The van der Waals surface area contributed by atoms with E-state index >= 15 is 0 Å². The molecular weight excluding hydrogens is 142 g/mol. The number of hydrogen-bond acceptors (Lipinski definition) is 2. The number of hydroxylamine groups is 1. The van der Waals surface area contributed by atoms with E-state index in [1.54, 1.807) is 0 Å². The maximum Gasteiger partial charge on any atom is 0.246 e. The first-order chi connectivity index (χ1) is 5.04. The molecule has 0 saturated carbocycles. The van der Waals surface area contributed by atoms with E-state index < -0.39 is 0 Å². The summed E-state index contributed by atoms with van der Waals surface area (Å²) >= 11 is 0. The Morgan fingerprint density at radius 3 is 2.27 bits per heavy atom. The van der Waals surface area contributed by atoms with Crippen LogP contribution in [0.3, 0.4) is 0 Å². The fourth-order valence-corrected chi connectivity index (χ4v) is 0.397. The van der Waals surface area contributed by atoms with Crippen molar-refractivity contribution >= 4 is 5.91 Å². The number of carbonyl (C=O) groups is 1. The van der Waals surface area contributed by atoms with Crippen molar-refractivity contribution in [3.05, 3.63) is 0 Å². The summed E-state index contributed by atoms with van der Waals surface area (Å²) < 4.78 is 0. The standard InChI is InChI=1S/C8H17NO2/c1-6(2)5-11-9-8(10)7(3)4/h6-7H,5H2,1-4H3,(H,9,10). The molecule has 1 amide bonds. The highest BCUT2D eigenvalue weighted by Crippen LogP contribution is 1.93. The van der Waals surface area contributed by atoms with Gasteiger partial charge in [0.1, 0.15) is 0 Å². The van der Waals surface area contributed by atoms with Gasteiger partial charge in [-0.15, -0.1) is 0 Å². The summed E-state index contributed by atoms with van der Waals surface area (Å²) in [6.07, 6.45) is 0. The smallest absolute Gasteiger partial charge is 0.246 e. The molecule has 1 N–H and O–H groups in total. The molecule has 3 heteroatoms. The van der Waals surface area contributed by atoms with E-state index in [1.165, 1.54) is 0 Å². The van der Waals surface area contributed by atoms with Crippen LogP contribution in [0.4, 0.5) is 0 Å². The lowest BCUT2D eigenvalue weighted by Crippen LogP contribution is -2.29. The number of amides is 1. The third kappa shape index (κ3) is 5.85. The SMILES string of the molecule is CC(C)CONC(=O)C(C)C. The highest BCUT2D eigenvalue weighted by molar-refractivity contribution is 5.76. The Morgan fingerprint density at radius 1 is 1.36 bits per heavy atom. The first-order valence-electron chi connectivity index (χ1n) is 3.95. The summed E-state index contributed by atoms with van der Waals surface area (Å²) in [5.41, 5.74) is 2.37. The van der Waals surface area contributed by atoms with Crippen LogP contribution in [0.5, 0.6) is 0 Å². The zero-order valence-corrected chi connectivity index (χ0v) is 7.68. The number of nitrogens with one attached hydrogen (secondary N) is 1. The molecule has 11 heavy (non-hydrogen) atoms. The summed E-state index contributed by atoms with van der Waals surface area (Å²) in [5.74, 6) is 0.371. The minimum Gasteiger partial charge on any atom is -0.273 e. The van der Waals surface area contributed by atoms with Crippen LogP contribution in [-0.4, -0.2) is 12.5 Å². The van der Waals surface area contributed by atoms with Gasteiger partial charge in [0, 0.05) is 5.92 Å². The lowest BCUT2D eigenvalue weighted by molar-refractivity contribution is -0.137. The summed E-state index contributed by atoms with van der Waals surface area (Å²) in [7, 11) is 0. The Kier molecular flexibility index (Phi) is 4.86. The van der Waals surface area contributed by atoms with E-state index in [0.29, 0.717) is 12.5 Å². The molecule has 0 aliphatic heterocycles. The van der Waals surface area contributed by atoms with Crippen LogP contribution in [0.1, 0.15) is 27.7 Å². The van der Waals surface area contributed by atoms with Crippen LogP contribution in [0.25, 0.3) is 0 Å². The zero-order chi connectivity index (χ0) is 8.85. The average molecular weight is 159 g/mol. The van der Waals surface area contributed by atoms with Crippen LogP contribution >= 0.6 is 0 Å². The maximum absolute atomic E-state index is 10.9. The van der Waals surface area contributed by atoms with Gasteiger partial charge in [0.15, 0.2) is 0 Å². The highest BCUT2D eigenvalue weighted by atomic mass is 16.6. The van der Waals surface area contributed by atoms with E-state index in [-0.39, 0.29) is 11.8 Å². The molecule has 0 rings (SSSR count). The summed E-state index contributed by atoms with van der Waals surface area (Å²) in [6.45, 7) is 8.28. The van der Waals surface area contributed by atoms with Gasteiger partial charge in [-0.2, -0.15) is 0 Å². The van der Waals surface area contributed by atoms with Crippen molar-refractivity contribution in [2.45, 2.75) is 27.7 Å². The first kappa shape index (κ1) is 10.4. The predicted octanol–water partition coefficient (Wildman–Crippen LogP) is 1.35. The Balaban J connectivity index is 3.32. The molecule has 0 aliphatic rings. The molecule has 0 bridgehead atoms. The third-order valence-corrected chi connectivity index (χ3v) is 1.11. The maximum atomic E-state index is 10.9. The van der Waals surface area contributed by atoms with Crippen molar-refractivity contribution in [2.75, 3.05) is 6.61 Å². The van der Waals surface area contributed by atoms with Gasteiger partial charge in [0.05, 0.1) is 6.61 Å². The predicted molar refractivity (Wildman–Crippen MR) is 43.8 cm³/mol. The number of carbonyl (C=O) groups excluding carboxylic acids is 1. The molecule has 0 heterocycles. The molecule has 0 unspecified atom stereocenters. The second-order valence-electron chi connectivity index (χ2n) is 3.33. The molecule has 0 aliphatic carbocycles. The summed E-state index contributed by atoms with van der Waals surface area (Å²) in [6, 6.07) is 0. The van der Waals surface area contributed by atoms with Crippen LogP contribution in [0.2, 0.25) is 0 Å². The zero-order valence-electron chi connectivity index (χ0n) is 7.68. The molecule has 3 nitrogen and oxygen atoms in total. The molecule has 0 fully saturated rings. The molecule has 0 spiro atoms. The molecule has 0 aromatic rings. The van der Waals surface area contributed by atoms with Gasteiger partial charge in [-0.1, -0.05) is 27.7 Å². The summed E-state index contributed by atoms with van der Waals surface area (Å²) in [5, 5.41) is 0. The molecule has 0 aromatic heterocycles. The van der Waals surface area contributed by atoms with Crippen molar-refractivity contribution in [1.29, 1.82) is 0 Å². The van der Waals surface area contributed by atoms with Gasteiger partial charge < -0.3 is 0 Å². The van der Waals surface area contributed by atoms with E-state index in [1.807, 2.05) is 27.7 Å². The van der Waals surface area contributed by atoms with E-state index in [2.05, 4.69) is 5.48 Å². The lowest BCUT2D eigenvalue weighted by atomic mass is 10.2. The third-order valence-electron chi connectivity index (χ3n) is 1.11. The quantitative estimate of drug-likeness (QED) is 0.629. The van der Waals surface area contributed by atoms with E-state index in [0.717, 1.165) is 0 Å². The van der Waals surface area contributed by atoms with Gasteiger partial charge in [0.2, 0.25) is 5.91 Å². The molecule has 0 radical (unpaired) electrons. The van der Waals surface area contributed by atoms with Crippen molar-refractivity contribution in [1.82, 2.24) is 5.48 Å². The molecule has 66 valence electrons. The van der Waals surface area contributed by atoms with E-state index in [4.69, 9.17) is 4.84 Å². The van der Waals surface area contributed by atoms with Crippen molar-refractivity contribution < 1.29 is 9.63 Å². The Morgan fingerprint density at radius 2 is 1.91 bits per heavy atom. The van der Waals surface area contributed by atoms with Gasteiger partial charge in [-0.3, -0.25) is 9.63 Å². The molecular formula is C8H17NO2. The van der Waals surface area contributed by atoms with Crippen LogP contribution in [0.15, 0.2) is 0 Å².